The molecule has 0 aliphatic heterocycles. The van der Waals surface area contributed by atoms with Crippen molar-refractivity contribution < 1.29 is 4.79 Å². The summed E-state index contributed by atoms with van der Waals surface area (Å²) in [6, 6.07) is 0. The second kappa shape index (κ2) is 7.42. The van der Waals surface area contributed by atoms with Crippen molar-refractivity contribution in [3.05, 3.63) is 0 Å². The molecular weight excluding hydrogens is 230 g/mol. The second-order valence-electron chi connectivity index (χ2n) is 6.20. The molecule has 0 saturated heterocycles. The molecule has 0 aromatic carbocycles. The summed E-state index contributed by atoms with van der Waals surface area (Å²) in [5.74, 6) is 0.395. The minimum atomic E-state index is -0.138. The number of hydrogen-bond donors (Lipinski definition) is 1. The van der Waals surface area contributed by atoms with Crippen LogP contribution < -0.4 is 5.73 Å². The molecule has 17 heavy (non-hydrogen) atoms. The molecule has 0 amide bonds. The van der Waals surface area contributed by atoms with Crippen molar-refractivity contribution in [2.45, 2.75) is 76.5 Å². The Morgan fingerprint density at radius 2 is 1.53 bits per heavy atom. The third-order valence-corrected chi connectivity index (χ3v) is 4.37. The minimum absolute atomic E-state index is 0.138. The molecule has 0 saturated carbocycles. The Morgan fingerprint density at radius 1 is 1.06 bits per heavy atom. The number of ketones is 1. The van der Waals surface area contributed by atoms with Gasteiger partial charge in [-0.3, -0.25) is 4.79 Å². The maximum absolute atomic E-state index is 11.7. The molecule has 2 nitrogen and oxygen atoms in total. The van der Waals surface area contributed by atoms with Crippen LogP contribution in [0, 0.1) is 0 Å². The first-order valence-electron chi connectivity index (χ1n) is 6.52. The summed E-state index contributed by atoms with van der Waals surface area (Å²) in [4.78, 5) is 11.7. The Balaban J connectivity index is 3.61. The SMILES string of the molecule is CSC(C)(C)CCCC(=O)CCCC(C)(C)N. The van der Waals surface area contributed by atoms with Gasteiger partial charge in [-0.25, -0.2) is 0 Å². The summed E-state index contributed by atoms with van der Waals surface area (Å²) in [5.41, 5.74) is 5.75. The van der Waals surface area contributed by atoms with Crippen LogP contribution in [0.25, 0.3) is 0 Å². The topological polar surface area (TPSA) is 43.1 Å². The number of nitrogens with two attached hydrogens (primary N) is 1. The maximum Gasteiger partial charge on any atom is 0.132 e. The zero-order valence-electron chi connectivity index (χ0n) is 12.1. The first-order valence-corrected chi connectivity index (χ1v) is 7.74. The third-order valence-electron chi connectivity index (χ3n) is 3.06. The summed E-state index contributed by atoms with van der Waals surface area (Å²) in [6.45, 7) is 8.50. The van der Waals surface area contributed by atoms with Crippen molar-refractivity contribution in [1.29, 1.82) is 0 Å². The Bertz CT molecular complexity index is 231. The van der Waals surface area contributed by atoms with E-state index in [9.17, 15) is 4.79 Å². The quantitative estimate of drug-likeness (QED) is 0.685. The van der Waals surface area contributed by atoms with Crippen molar-refractivity contribution in [3.8, 4) is 0 Å². The van der Waals surface area contributed by atoms with Gasteiger partial charge in [0, 0.05) is 23.1 Å². The summed E-state index contributed by atoms with van der Waals surface area (Å²) < 4.78 is 0.305. The van der Waals surface area contributed by atoms with Crippen molar-refractivity contribution in [2.24, 2.45) is 5.73 Å². The van der Waals surface area contributed by atoms with Gasteiger partial charge in [-0.2, -0.15) is 11.8 Å². The van der Waals surface area contributed by atoms with Crippen LogP contribution in [0.5, 0.6) is 0 Å². The van der Waals surface area contributed by atoms with Crippen molar-refractivity contribution in [2.75, 3.05) is 6.26 Å². The van der Waals surface area contributed by atoms with Crippen LogP contribution in [0.3, 0.4) is 0 Å². The molecule has 0 aromatic heterocycles. The standard InChI is InChI=1S/C14H29NOS/c1-13(2,15)10-6-8-12(16)9-7-11-14(3,4)17-5/h6-11,15H2,1-5H3. The van der Waals surface area contributed by atoms with E-state index in [1.807, 2.05) is 25.6 Å². The van der Waals surface area contributed by atoms with Crippen LogP contribution in [0.4, 0.5) is 0 Å². The fourth-order valence-corrected chi connectivity index (χ4v) is 2.03. The van der Waals surface area contributed by atoms with Crippen LogP contribution in [-0.2, 0) is 4.79 Å². The van der Waals surface area contributed by atoms with Crippen LogP contribution in [-0.4, -0.2) is 22.3 Å². The van der Waals surface area contributed by atoms with Gasteiger partial charge in [0.2, 0.25) is 0 Å². The average Bonchev–Trinajstić information content (AvgIpc) is 2.15. The van der Waals surface area contributed by atoms with Gasteiger partial charge in [-0.15, -0.1) is 0 Å². The third kappa shape index (κ3) is 10.8. The number of thioether (sulfide) groups is 1. The first-order chi connectivity index (χ1) is 7.66. The first kappa shape index (κ1) is 17.0. The van der Waals surface area contributed by atoms with Crippen LogP contribution >= 0.6 is 11.8 Å². The van der Waals surface area contributed by atoms with E-state index in [1.165, 1.54) is 0 Å². The Labute approximate surface area is 111 Å². The van der Waals surface area contributed by atoms with Crippen LogP contribution in [0.2, 0.25) is 0 Å². The van der Waals surface area contributed by atoms with Crippen LogP contribution in [0.1, 0.15) is 66.2 Å². The van der Waals surface area contributed by atoms with E-state index in [-0.39, 0.29) is 5.54 Å². The fraction of sp³-hybridized carbons (Fsp3) is 0.929. The molecule has 0 spiro atoms. The normalized spacial score (nSPS) is 12.8. The minimum Gasteiger partial charge on any atom is -0.326 e. The van der Waals surface area contributed by atoms with Gasteiger partial charge in [-0.1, -0.05) is 13.8 Å². The maximum atomic E-state index is 11.7. The van der Waals surface area contributed by atoms with E-state index in [0.717, 1.165) is 32.1 Å². The number of Topliss-reactive ketones (excluding diaryl/α,β-unsaturated/α-hetero) is 1. The Morgan fingerprint density at radius 3 is 1.94 bits per heavy atom. The molecule has 0 aliphatic carbocycles. The van der Waals surface area contributed by atoms with E-state index in [2.05, 4.69) is 20.1 Å². The number of carbonyl (C=O) groups excluding carboxylic acids is 1. The highest BCUT2D eigenvalue weighted by atomic mass is 32.2. The largest absolute Gasteiger partial charge is 0.326 e. The van der Waals surface area contributed by atoms with Gasteiger partial charge in [-0.05, 0) is 45.8 Å². The number of rotatable bonds is 9. The predicted octanol–water partition coefficient (Wildman–Crippen LogP) is 3.78. The predicted molar refractivity (Wildman–Crippen MR) is 78.6 cm³/mol. The molecule has 0 aromatic rings. The van der Waals surface area contributed by atoms with E-state index >= 15 is 0 Å². The highest BCUT2D eigenvalue weighted by Crippen LogP contribution is 2.27. The van der Waals surface area contributed by atoms with E-state index in [1.54, 1.807) is 0 Å². The Hall–Kier alpha value is -0.0200. The highest BCUT2D eigenvalue weighted by Gasteiger charge is 2.16. The van der Waals surface area contributed by atoms with Gasteiger partial charge < -0.3 is 5.73 Å². The highest BCUT2D eigenvalue weighted by molar-refractivity contribution is 7.99. The lowest BCUT2D eigenvalue weighted by Crippen LogP contribution is -2.31. The lowest BCUT2D eigenvalue weighted by atomic mass is 9.96. The van der Waals surface area contributed by atoms with E-state index in [4.69, 9.17) is 5.73 Å². The summed E-state index contributed by atoms with van der Waals surface area (Å²) in [6.07, 6.45) is 7.53. The Kier molecular flexibility index (Phi) is 7.41. The van der Waals surface area contributed by atoms with E-state index < -0.39 is 0 Å². The molecule has 0 rings (SSSR count). The zero-order chi connectivity index (χ0) is 13.5. The van der Waals surface area contributed by atoms with Crippen LogP contribution in [0.15, 0.2) is 0 Å². The smallest absolute Gasteiger partial charge is 0.132 e. The van der Waals surface area contributed by atoms with Gasteiger partial charge in [0.05, 0.1) is 0 Å². The summed E-state index contributed by atoms with van der Waals surface area (Å²) in [5, 5.41) is 0. The van der Waals surface area contributed by atoms with Gasteiger partial charge >= 0.3 is 0 Å². The van der Waals surface area contributed by atoms with Crippen molar-refractivity contribution in [3.63, 3.8) is 0 Å². The monoisotopic (exact) mass is 259 g/mol. The lowest BCUT2D eigenvalue weighted by molar-refractivity contribution is -0.119. The molecule has 2 N–H and O–H groups in total. The number of carbonyl (C=O) groups is 1. The van der Waals surface area contributed by atoms with Crippen molar-refractivity contribution in [1.82, 2.24) is 0 Å². The molecule has 0 unspecified atom stereocenters. The molecular formula is C14H29NOS. The summed E-state index contributed by atoms with van der Waals surface area (Å²) in [7, 11) is 0. The van der Waals surface area contributed by atoms with Gasteiger partial charge in [0.1, 0.15) is 5.78 Å². The molecule has 0 aliphatic rings. The second-order valence-corrected chi connectivity index (χ2v) is 7.71. The average molecular weight is 259 g/mol. The van der Waals surface area contributed by atoms with E-state index in [0.29, 0.717) is 17.0 Å². The zero-order valence-corrected chi connectivity index (χ0v) is 13.0. The fourth-order valence-electron chi connectivity index (χ4n) is 1.68. The molecule has 0 bridgehead atoms. The molecule has 0 atom stereocenters. The molecule has 102 valence electrons. The summed E-state index contributed by atoms with van der Waals surface area (Å²) >= 11 is 1.87. The molecule has 0 heterocycles. The number of hydrogen-bond acceptors (Lipinski definition) is 3. The van der Waals surface area contributed by atoms with Gasteiger partial charge in [0.25, 0.3) is 0 Å². The molecule has 0 fully saturated rings. The lowest BCUT2D eigenvalue weighted by Gasteiger charge is -2.21. The molecule has 0 radical (unpaired) electrons. The van der Waals surface area contributed by atoms with Gasteiger partial charge in [0.15, 0.2) is 0 Å². The van der Waals surface area contributed by atoms with Crippen molar-refractivity contribution >= 4 is 17.5 Å². The molecule has 3 heteroatoms.